The fourth-order valence-corrected chi connectivity index (χ4v) is 1.68. The fraction of sp³-hybridized carbons (Fsp3) is 0.154. The molecule has 5 nitrogen and oxygen atoms in total. The van der Waals surface area contributed by atoms with Crippen LogP contribution in [0.5, 0.6) is 0 Å². The van der Waals surface area contributed by atoms with Crippen LogP contribution in [0.2, 0.25) is 0 Å². The summed E-state index contributed by atoms with van der Waals surface area (Å²) in [5.41, 5.74) is 0.686. The average Bonchev–Trinajstić information content (AvgIpc) is 2.35. The zero-order valence-corrected chi connectivity index (χ0v) is 9.83. The Morgan fingerprint density at radius 3 is 2.72 bits per heavy atom. The van der Waals surface area contributed by atoms with E-state index in [-0.39, 0.29) is 12.1 Å². The SMILES string of the molecule is Cc1ccc(C(=O)O)c(=O)n1Cc1ccccn1. The van der Waals surface area contributed by atoms with Gasteiger partial charge in [0.2, 0.25) is 0 Å². The summed E-state index contributed by atoms with van der Waals surface area (Å²) in [6.45, 7) is 2.03. The smallest absolute Gasteiger partial charge is 0.341 e. The van der Waals surface area contributed by atoms with Crippen LogP contribution in [-0.4, -0.2) is 20.6 Å². The van der Waals surface area contributed by atoms with Gasteiger partial charge in [0.25, 0.3) is 5.56 Å². The monoisotopic (exact) mass is 244 g/mol. The van der Waals surface area contributed by atoms with Gasteiger partial charge in [0, 0.05) is 11.9 Å². The van der Waals surface area contributed by atoms with Crippen molar-refractivity contribution < 1.29 is 9.90 Å². The van der Waals surface area contributed by atoms with E-state index < -0.39 is 11.5 Å². The largest absolute Gasteiger partial charge is 0.477 e. The summed E-state index contributed by atoms with van der Waals surface area (Å²) in [6, 6.07) is 8.35. The maximum atomic E-state index is 12.0. The predicted molar refractivity (Wildman–Crippen MR) is 65.7 cm³/mol. The minimum absolute atomic E-state index is 0.225. The van der Waals surface area contributed by atoms with Crippen LogP contribution >= 0.6 is 0 Å². The summed E-state index contributed by atoms with van der Waals surface area (Å²) < 4.78 is 1.41. The lowest BCUT2D eigenvalue weighted by Crippen LogP contribution is -2.28. The van der Waals surface area contributed by atoms with E-state index >= 15 is 0 Å². The number of nitrogens with zero attached hydrogens (tertiary/aromatic N) is 2. The lowest BCUT2D eigenvalue weighted by Gasteiger charge is -2.10. The van der Waals surface area contributed by atoms with Crippen LogP contribution in [0.3, 0.4) is 0 Å². The lowest BCUT2D eigenvalue weighted by molar-refractivity contribution is 0.0694. The standard InChI is InChI=1S/C13H12N2O3/c1-9-5-6-11(13(17)18)12(16)15(9)8-10-4-2-3-7-14-10/h2-7H,8H2,1H3,(H,17,18). The predicted octanol–water partition coefficient (Wildman–Crippen LogP) is 1.30. The van der Waals surface area contributed by atoms with Gasteiger partial charge in [0.05, 0.1) is 12.2 Å². The van der Waals surface area contributed by atoms with Crippen LogP contribution in [-0.2, 0) is 6.54 Å². The number of aryl methyl sites for hydroxylation is 1. The topological polar surface area (TPSA) is 72.2 Å². The zero-order chi connectivity index (χ0) is 13.1. The van der Waals surface area contributed by atoms with Crippen LogP contribution in [0.25, 0.3) is 0 Å². The number of aromatic nitrogens is 2. The summed E-state index contributed by atoms with van der Waals surface area (Å²) in [5.74, 6) is -1.21. The van der Waals surface area contributed by atoms with Crippen molar-refractivity contribution in [3.05, 3.63) is 63.8 Å². The Hall–Kier alpha value is -2.43. The number of rotatable bonds is 3. The molecule has 0 spiro atoms. The van der Waals surface area contributed by atoms with Crippen LogP contribution in [0, 0.1) is 6.92 Å². The minimum Gasteiger partial charge on any atom is -0.477 e. The number of carbonyl (C=O) groups is 1. The quantitative estimate of drug-likeness (QED) is 0.883. The van der Waals surface area contributed by atoms with Gasteiger partial charge in [0.15, 0.2) is 0 Å². The van der Waals surface area contributed by atoms with E-state index in [1.165, 1.54) is 10.6 Å². The first-order valence-corrected chi connectivity index (χ1v) is 5.43. The average molecular weight is 244 g/mol. The van der Waals surface area contributed by atoms with Crippen molar-refractivity contribution in [3.8, 4) is 0 Å². The molecule has 0 fully saturated rings. The fourth-order valence-electron chi connectivity index (χ4n) is 1.68. The molecule has 0 radical (unpaired) electrons. The molecule has 92 valence electrons. The van der Waals surface area contributed by atoms with Gasteiger partial charge >= 0.3 is 5.97 Å². The Morgan fingerprint density at radius 1 is 1.33 bits per heavy atom. The maximum absolute atomic E-state index is 12.0. The number of carboxylic acids is 1. The van der Waals surface area contributed by atoms with Crippen molar-refractivity contribution in [2.24, 2.45) is 0 Å². The van der Waals surface area contributed by atoms with E-state index in [4.69, 9.17) is 5.11 Å². The van der Waals surface area contributed by atoms with Gasteiger partial charge < -0.3 is 9.67 Å². The second kappa shape index (κ2) is 4.83. The third-order valence-electron chi connectivity index (χ3n) is 2.67. The molecular weight excluding hydrogens is 232 g/mol. The molecule has 0 aliphatic heterocycles. The van der Waals surface area contributed by atoms with Gasteiger partial charge in [-0.3, -0.25) is 9.78 Å². The van der Waals surface area contributed by atoms with Gasteiger partial charge in [-0.05, 0) is 31.2 Å². The maximum Gasteiger partial charge on any atom is 0.341 e. The lowest BCUT2D eigenvalue weighted by atomic mass is 10.2. The number of pyridine rings is 2. The highest BCUT2D eigenvalue weighted by atomic mass is 16.4. The van der Waals surface area contributed by atoms with Crippen LogP contribution in [0.15, 0.2) is 41.3 Å². The van der Waals surface area contributed by atoms with Crippen molar-refractivity contribution >= 4 is 5.97 Å². The molecule has 2 aromatic rings. The van der Waals surface area contributed by atoms with E-state index in [0.29, 0.717) is 11.4 Å². The highest BCUT2D eigenvalue weighted by Crippen LogP contribution is 2.02. The van der Waals surface area contributed by atoms with Gasteiger partial charge in [-0.1, -0.05) is 6.07 Å². The molecule has 0 aliphatic rings. The van der Waals surface area contributed by atoms with E-state index in [2.05, 4.69) is 4.98 Å². The first-order valence-electron chi connectivity index (χ1n) is 5.43. The number of carboxylic acid groups (broad SMARTS) is 1. The molecular formula is C13H12N2O3. The van der Waals surface area contributed by atoms with Crippen molar-refractivity contribution in [2.75, 3.05) is 0 Å². The second-order valence-corrected chi connectivity index (χ2v) is 3.91. The minimum atomic E-state index is -1.21. The summed E-state index contributed by atoms with van der Waals surface area (Å²) in [4.78, 5) is 27.0. The Balaban J connectivity index is 2.48. The third kappa shape index (κ3) is 2.29. The highest BCUT2D eigenvalue weighted by Gasteiger charge is 2.12. The Labute approximate surface area is 103 Å². The molecule has 0 bridgehead atoms. The Bertz CT molecular complexity index is 632. The van der Waals surface area contributed by atoms with Gasteiger partial charge in [-0.2, -0.15) is 0 Å². The molecule has 0 atom stereocenters. The van der Waals surface area contributed by atoms with E-state index in [0.717, 1.165) is 0 Å². The van der Waals surface area contributed by atoms with Crippen LogP contribution < -0.4 is 5.56 Å². The summed E-state index contributed by atoms with van der Waals surface area (Å²) in [7, 11) is 0. The number of hydrogen-bond donors (Lipinski definition) is 1. The van der Waals surface area contributed by atoms with Crippen molar-refractivity contribution in [2.45, 2.75) is 13.5 Å². The van der Waals surface area contributed by atoms with Crippen LogP contribution in [0.1, 0.15) is 21.7 Å². The molecule has 0 saturated heterocycles. The summed E-state index contributed by atoms with van der Waals surface area (Å²) >= 11 is 0. The molecule has 5 heteroatoms. The first kappa shape index (κ1) is 12.0. The van der Waals surface area contributed by atoms with E-state index in [1.54, 1.807) is 31.3 Å². The van der Waals surface area contributed by atoms with Crippen LogP contribution in [0.4, 0.5) is 0 Å². The second-order valence-electron chi connectivity index (χ2n) is 3.91. The molecule has 2 aromatic heterocycles. The van der Waals surface area contributed by atoms with Gasteiger partial charge in [0.1, 0.15) is 5.56 Å². The van der Waals surface area contributed by atoms with Crippen molar-refractivity contribution in [1.82, 2.24) is 9.55 Å². The molecule has 0 unspecified atom stereocenters. The molecule has 2 heterocycles. The number of aromatic carboxylic acids is 1. The van der Waals surface area contributed by atoms with Gasteiger partial charge in [-0.25, -0.2) is 4.79 Å². The van der Waals surface area contributed by atoms with E-state index in [9.17, 15) is 9.59 Å². The molecule has 0 aromatic carbocycles. The molecule has 18 heavy (non-hydrogen) atoms. The molecule has 0 saturated carbocycles. The molecule has 1 N–H and O–H groups in total. The summed E-state index contributed by atoms with van der Waals surface area (Å²) in [6.07, 6.45) is 1.64. The molecule has 2 rings (SSSR count). The third-order valence-corrected chi connectivity index (χ3v) is 2.67. The normalized spacial score (nSPS) is 10.3. The van der Waals surface area contributed by atoms with E-state index in [1.807, 2.05) is 6.07 Å². The Morgan fingerprint density at radius 2 is 2.11 bits per heavy atom. The van der Waals surface area contributed by atoms with Gasteiger partial charge in [-0.15, -0.1) is 0 Å². The summed E-state index contributed by atoms with van der Waals surface area (Å²) in [5, 5.41) is 8.92. The Kier molecular flexibility index (Phi) is 3.23. The molecule has 0 aliphatic carbocycles. The zero-order valence-electron chi connectivity index (χ0n) is 9.83. The van der Waals surface area contributed by atoms with Crippen molar-refractivity contribution in [3.63, 3.8) is 0 Å². The molecule has 0 amide bonds. The highest BCUT2D eigenvalue weighted by molar-refractivity contribution is 5.87. The van der Waals surface area contributed by atoms with Crippen molar-refractivity contribution in [1.29, 1.82) is 0 Å². The number of hydrogen-bond acceptors (Lipinski definition) is 3. The first-order chi connectivity index (χ1) is 8.59.